The van der Waals surface area contributed by atoms with Crippen molar-refractivity contribution in [3.05, 3.63) is 34.4 Å². The van der Waals surface area contributed by atoms with Gasteiger partial charge in [0.1, 0.15) is 6.54 Å². The van der Waals surface area contributed by atoms with Crippen LogP contribution < -0.4 is 5.32 Å². The maximum absolute atomic E-state index is 11.8. The van der Waals surface area contributed by atoms with Crippen LogP contribution in [0.5, 0.6) is 0 Å². The second-order valence-corrected chi connectivity index (χ2v) is 4.83. The fourth-order valence-electron chi connectivity index (χ4n) is 1.79. The van der Waals surface area contributed by atoms with Crippen molar-refractivity contribution in [3.63, 3.8) is 0 Å². The van der Waals surface area contributed by atoms with Crippen molar-refractivity contribution in [1.29, 1.82) is 0 Å². The van der Waals surface area contributed by atoms with Crippen LogP contribution in [0.3, 0.4) is 0 Å². The quantitative estimate of drug-likeness (QED) is 0.916. The van der Waals surface area contributed by atoms with Crippen molar-refractivity contribution in [3.8, 4) is 0 Å². The molecule has 1 N–H and O–H groups in total. The highest BCUT2D eigenvalue weighted by molar-refractivity contribution is 6.31. The van der Waals surface area contributed by atoms with E-state index in [1.165, 1.54) is 6.20 Å². The molecule has 0 aliphatic heterocycles. The average molecular weight is 282 g/mol. The van der Waals surface area contributed by atoms with Crippen LogP contribution in [-0.2, 0) is 24.9 Å². The van der Waals surface area contributed by atoms with Crippen molar-refractivity contribution in [1.82, 2.24) is 24.9 Å². The van der Waals surface area contributed by atoms with Gasteiger partial charge in [-0.05, 0) is 13.8 Å². The standard InChI is InChI=1S/C12H16ClN5O/c1-8-10(6-17(3)16-8)4-14-12(19)7-18-9(2)11(13)5-15-18/h5-6H,4,7H2,1-3H3,(H,14,19). The number of hydrogen-bond donors (Lipinski definition) is 1. The second-order valence-electron chi connectivity index (χ2n) is 4.43. The first-order valence-corrected chi connectivity index (χ1v) is 6.29. The summed E-state index contributed by atoms with van der Waals surface area (Å²) in [4.78, 5) is 11.8. The molecule has 0 aliphatic carbocycles. The van der Waals surface area contributed by atoms with Gasteiger partial charge in [0, 0.05) is 25.4 Å². The first kappa shape index (κ1) is 13.6. The third-order valence-corrected chi connectivity index (χ3v) is 3.30. The molecule has 0 saturated heterocycles. The predicted molar refractivity (Wildman–Crippen MR) is 71.8 cm³/mol. The largest absolute Gasteiger partial charge is 0.350 e. The number of carbonyl (C=O) groups is 1. The van der Waals surface area contributed by atoms with Gasteiger partial charge in [-0.15, -0.1) is 0 Å². The van der Waals surface area contributed by atoms with Crippen LogP contribution in [0.2, 0.25) is 5.02 Å². The summed E-state index contributed by atoms with van der Waals surface area (Å²) < 4.78 is 3.31. The van der Waals surface area contributed by atoms with Gasteiger partial charge in [-0.25, -0.2) is 0 Å². The van der Waals surface area contributed by atoms with Gasteiger partial charge >= 0.3 is 0 Å². The molecular weight excluding hydrogens is 266 g/mol. The average Bonchev–Trinajstić information content (AvgIpc) is 2.83. The SMILES string of the molecule is Cc1nn(C)cc1CNC(=O)Cn1ncc(Cl)c1C. The number of rotatable bonds is 4. The van der Waals surface area contributed by atoms with E-state index in [1.807, 2.05) is 27.1 Å². The third kappa shape index (κ3) is 3.14. The summed E-state index contributed by atoms with van der Waals surface area (Å²) in [6.07, 6.45) is 3.43. The molecule has 0 radical (unpaired) electrons. The highest BCUT2D eigenvalue weighted by Crippen LogP contribution is 2.12. The van der Waals surface area contributed by atoms with Crippen molar-refractivity contribution < 1.29 is 4.79 Å². The molecule has 0 aliphatic rings. The number of nitrogens with one attached hydrogen (secondary N) is 1. The van der Waals surface area contributed by atoms with Gasteiger partial charge < -0.3 is 5.32 Å². The Bertz CT molecular complexity index is 601. The van der Waals surface area contributed by atoms with E-state index in [9.17, 15) is 4.79 Å². The molecule has 0 aromatic carbocycles. The zero-order chi connectivity index (χ0) is 14.0. The Hall–Kier alpha value is -1.82. The molecule has 2 aromatic rings. The molecule has 0 bridgehead atoms. The van der Waals surface area contributed by atoms with Crippen molar-refractivity contribution in [2.75, 3.05) is 0 Å². The smallest absolute Gasteiger partial charge is 0.242 e. The molecule has 102 valence electrons. The number of carbonyl (C=O) groups excluding carboxylic acids is 1. The number of halogens is 1. The molecule has 2 rings (SSSR count). The van der Waals surface area contributed by atoms with Crippen molar-refractivity contribution in [2.45, 2.75) is 26.9 Å². The first-order chi connectivity index (χ1) is 8.97. The van der Waals surface area contributed by atoms with Crippen LogP contribution in [0, 0.1) is 13.8 Å². The number of aryl methyl sites for hydroxylation is 2. The van der Waals surface area contributed by atoms with Crippen molar-refractivity contribution >= 4 is 17.5 Å². The molecule has 0 atom stereocenters. The van der Waals surface area contributed by atoms with Gasteiger partial charge in [0.25, 0.3) is 0 Å². The lowest BCUT2D eigenvalue weighted by atomic mass is 10.2. The molecule has 2 heterocycles. The fourth-order valence-corrected chi connectivity index (χ4v) is 1.93. The molecule has 0 spiro atoms. The Morgan fingerprint density at radius 3 is 2.74 bits per heavy atom. The summed E-state index contributed by atoms with van der Waals surface area (Å²) >= 11 is 5.88. The topological polar surface area (TPSA) is 64.7 Å². The lowest BCUT2D eigenvalue weighted by Crippen LogP contribution is -2.28. The minimum absolute atomic E-state index is 0.105. The maximum Gasteiger partial charge on any atom is 0.242 e. The molecule has 2 aromatic heterocycles. The van der Waals surface area contributed by atoms with Crippen molar-refractivity contribution in [2.24, 2.45) is 7.05 Å². The van der Waals surface area contributed by atoms with Gasteiger partial charge in [0.05, 0.1) is 22.6 Å². The third-order valence-electron chi connectivity index (χ3n) is 2.93. The molecule has 1 amide bonds. The van der Waals surface area contributed by atoms with E-state index >= 15 is 0 Å². The maximum atomic E-state index is 11.8. The number of hydrogen-bond acceptors (Lipinski definition) is 3. The Kier molecular flexibility index (Phi) is 3.90. The summed E-state index contributed by atoms with van der Waals surface area (Å²) in [5.41, 5.74) is 2.71. The zero-order valence-corrected chi connectivity index (χ0v) is 11.9. The Morgan fingerprint density at radius 2 is 2.21 bits per heavy atom. The minimum Gasteiger partial charge on any atom is -0.350 e. The predicted octanol–water partition coefficient (Wildman–Crippen LogP) is 1.20. The van der Waals surface area contributed by atoms with Gasteiger partial charge in [0.2, 0.25) is 5.91 Å². The van der Waals surface area contributed by atoms with Gasteiger partial charge in [0.15, 0.2) is 0 Å². The number of nitrogens with zero attached hydrogens (tertiary/aromatic N) is 4. The Balaban J connectivity index is 1.92. The van der Waals surface area contributed by atoms with Crippen LogP contribution in [-0.4, -0.2) is 25.5 Å². The molecule has 0 fully saturated rings. The monoisotopic (exact) mass is 281 g/mol. The Labute approximate surface area is 116 Å². The van der Waals surface area contributed by atoms with Gasteiger partial charge in [-0.3, -0.25) is 14.2 Å². The summed E-state index contributed by atoms with van der Waals surface area (Å²) in [7, 11) is 1.85. The van der Waals surface area contributed by atoms with E-state index in [0.717, 1.165) is 17.0 Å². The molecule has 0 unspecified atom stereocenters. The van der Waals surface area contributed by atoms with Crippen LogP contribution in [0.4, 0.5) is 0 Å². The van der Waals surface area contributed by atoms with Gasteiger partial charge in [-0.2, -0.15) is 10.2 Å². The van der Waals surface area contributed by atoms with E-state index in [2.05, 4.69) is 15.5 Å². The van der Waals surface area contributed by atoms with Crippen LogP contribution in [0.1, 0.15) is 17.0 Å². The lowest BCUT2D eigenvalue weighted by Gasteiger charge is -2.06. The number of amides is 1. The lowest BCUT2D eigenvalue weighted by molar-refractivity contribution is -0.122. The number of aromatic nitrogens is 4. The highest BCUT2D eigenvalue weighted by atomic mass is 35.5. The molecule has 7 heteroatoms. The van der Waals surface area contributed by atoms with E-state index < -0.39 is 0 Å². The zero-order valence-electron chi connectivity index (χ0n) is 11.1. The normalized spacial score (nSPS) is 10.7. The molecular formula is C12H16ClN5O. The summed E-state index contributed by atoms with van der Waals surface area (Å²) in [5, 5.41) is 11.7. The molecule has 19 heavy (non-hydrogen) atoms. The Morgan fingerprint density at radius 1 is 1.47 bits per heavy atom. The molecule has 6 nitrogen and oxygen atoms in total. The minimum atomic E-state index is -0.105. The second kappa shape index (κ2) is 5.44. The summed E-state index contributed by atoms with van der Waals surface area (Å²) in [6.45, 7) is 4.37. The highest BCUT2D eigenvalue weighted by Gasteiger charge is 2.09. The fraction of sp³-hybridized carbons (Fsp3) is 0.417. The first-order valence-electron chi connectivity index (χ1n) is 5.91. The van der Waals surface area contributed by atoms with E-state index in [-0.39, 0.29) is 12.5 Å². The van der Waals surface area contributed by atoms with E-state index in [1.54, 1.807) is 9.36 Å². The molecule has 0 saturated carbocycles. The van der Waals surface area contributed by atoms with Crippen LogP contribution in [0.25, 0.3) is 0 Å². The summed E-state index contributed by atoms with van der Waals surface area (Å²) in [6, 6.07) is 0. The van der Waals surface area contributed by atoms with Crippen LogP contribution in [0.15, 0.2) is 12.4 Å². The van der Waals surface area contributed by atoms with Gasteiger partial charge in [-0.1, -0.05) is 11.6 Å². The van der Waals surface area contributed by atoms with E-state index in [4.69, 9.17) is 11.6 Å². The summed E-state index contributed by atoms with van der Waals surface area (Å²) in [5.74, 6) is -0.105. The van der Waals surface area contributed by atoms with Crippen LogP contribution >= 0.6 is 11.6 Å². The van der Waals surface area contributed by atoms with E-state index in [0.29, 0.717) is 11.6 Å².